The Bertz CT molecular complexity index is 434. The molecule has 0 bridgehead atoms. The Hall–Kier alpha value is -0.840. The van der Waals surface area contributed by atoms with Crippen molar-refractivity contribution < 1.29 is 0 Å². The molecule has 14 heavy (non-hydrogen) atoms. The second-order valence-electron chi connectivity index (χ2n) is 3.26. The van der Waals surface area contributed by atoms with Crippen LogP contribution in [0.2, 0.25) is 0 Å². The average Bonchev–Trinajstić information content (AvgIpc) is 2.56. The highest BCUT2D eigenvalue weighted by Crippen LogP contribution is 2.09. The Labute approximate surface area is 97.1 Å². The van der Waals surface area contributed by atoms with Crippen LogP contribution in [-0.2, 0) is 6.54 Å². The van der Waals surface area contributed by atoms with Crippen LogP contribution in [0.15, 0.2) is 36.5 Å². The number of halogens is 1. The molecule has 1 heterocycles. The summed E-state index contributed by atoms with van der Waals surface area (Å²) < 4.78 is 3.00. The normalized spacial score (nSPS) is 10.4. The molecule has 2 nitrogen and oxygen atoms in total. The molecule has 0 aliphatic heterocycles. The van der Waals surface area contributed by atoms with Gasteiger partial charge < -0.3 is 0 Å². The minimum absolute atomic E-state index is 0.857. The SMILES string of the molecule is Cc1ccccc1Cn1ccc(I)n1. The molecule has 2 rings (SSSR count). The van der Waals surface area contributed by atoms with Crippen molar-refractivity contribution in [2.75, 3.05) is 0 Å². The standard InChI is InChI=1S/C11H11IN2/c1-9-4-2-3-5-10(9)8-14-7-6-11(12)13-14/h2-7H,8H2,1H3. The molecular weight excluding hydrogens is 287 g/mol. The third kappa shape index (κ3) is 2.15. The van der Waals surface area contributed by atoms with Crippen molar-refractivity contribution in [3.05, 3.63) is 51.4 Å². The number of aryl methyl sites for hydroxylation is 1. The topological polar surface area (TPSA) is 17.8 Å². The molecule has 0 saturated heterocycles. The monoisotopic (exact) mass is 298 g/mol. The van der Waals surface area contributed by atoms with Gasteiger partial charge in [0.2, 0.25) is 0 Å². The summed E-state index contributed by atoms with van der Waals surface area (Å²) in [5.74, 6) is 0. The lowest BCUT2D eigenvalue weighted by atomic mass is 10.1. The summed E-state index contributed by atoms with van der Waals surface area (Å²) in [6, 6.07) is 10.4. The maximum atomic E-state index is 4.35. The van der Waals surface area contributed by atoms with Crippen molar-refractivity contribution in [1.29, 1.82) is 0 Å². The first-order valence-electron chi connectivity index (χ1n) is 4.49. The predicted octanol–water partition coefficient (Wildman–Crippen LogP) is 2.84. The molecule has 0 N–H and O–H groups in total. The predicted molar refractivity (Wildman–Crippen MR) is 65.2 cm³/mol. The third-order valence-corrected chi connectivity index (χ3v) is 2.78. The molecule has 0 atom stereocenters. The molecule has 2 aromatic rings. The van der Waals surface area contributed by atoms with Gasteiger partial charge in [-0.1, -0.05) is 24.3 Å². The molecule has 0 aliphatic carbocycles. The highest BCUT2D eigenvalue weighted by Gasteiger charge is 1.99. The lowest BCUT2D eigenvalue weighted by Crippen LogP contribution is -2.01. The fourth-order valence-electron chi connectivity index (χ4n) is 1.39. The van der Waals surface area contributed by atoms with Crippen LogP contribution in [0.5, 0.6) is 0 Å². The summed E-state index contributed by atoms with van der Waals surface area (Å²) in [4.78, 5) is 0. The van der Waals surface area contributed by atoms with E-state index in [-0.39, 0.29) is 0 Å². The molecule has 0 spiro atoms. The fraction of sp³-hybridized carbons (Fsp3) is 0.182. The van der Waals surface area contributed by atoms with Gasteiger partial charge in [0.25, 0.3) is 0 Å². The Morgan fingerprint density at radius 2 is 2.07 bits per heavy atom. The van der Waals surface area contributed by atoms with E-state index in [4.69, 9.17) is 0 Å². The van der Waals surface area contributed by atoms with E-state index in [1.54, 1.807) is 0 Å². The van der Waals surface area contributed by atoms with Gasteiger partial charge in [-0.25, -0.2) is 0 Å². The fourth-order valence-corrected chi connectivity index (χ4v) is 1.82. The van der Waals surface area contributed by atoms with Crippen LogP contribution < -0.4 is 0 Å². The van der Waals surface area contributed by atoms with Crippen LogP contribution in [0.25, 0.3) is 0 Å². The van der Waals surface area contributed by atoms with Gasteiger partial charge in [0.15, 0.2) is 0 Å². The molecule has 0 saturated carbocycles. The zero-order valence-electron chi connectivity index (χ0n) is 7.94. The van der Waals surface area contributed by atoms with Crippen LogP contribution in [0.4, 0.5) is 0 Å². The summed E-state index contributed by atoms with van der Waals surface area (Å²) >= 11 is 2.22. The number of rotatable bonds is 2. The average molecular weight is 298 g/mol. The smallest absolute Gasteiger partial charge is 0.123 e. The van der Waals surface area contributed by atoms with E-state index in [2.05, 4.69) is 58.9 Å². The third-order valence-electron chi connectivity index (χ3n) is 2.20. The molecule has 1 aromatic heterocycles. The van der Waals surface area contributed by atoms with Gasteiger partial charge in [-0.15, -0.1) is 0 Å². The van der Waals surface area contributed by atoms with Crippen LogP contribution in [0, 0.1) is 10.6 Å². The first kappa shape index (κ1) is 9.71. The zero-order chi connectivity index (χ0) is 9.97. The van der Waals surface area contributed by atoms with Crippen molar-refractivity contribution in [2.45, 2.75) is 13.5 Å². The van der Waals surface area contributed by atoms with E-state index >= 15 is 0 Å². The highest BCUT2D eigenvalue weighted by molar-refractivity contribution is 14.1. The lowest BCUT2D eigenvalue weighted by molar-refractivity contribution is 0.678. The van der Waals surface area contributed by atoms with E-state index in [9.17, 15) is 0 Å². The van der Waals surface area contributed by atoms with Crippen LogP contribution in [0.3, 0.4) is 0 Å². The van der Waals surface area contributed by atoms with Gasteiger partial charge in [-0.3, -0.25) is 4.68 Å². The molecule has 72 valence electrons. The maximum Gasteiger partial charge on any atom is 0.123 e. The maximum absolute atomic E-state index is 4.35. The van der Waals surface area contributed by atoms with E-state index in [0.717, 1.165) is 10.2 Å². The Morgan fingerprint density at radius 1 is 1.29 bits per heavy atom. The second-order valence-corrected chi connectivity index (χ2v) is 4.37. The first-order chi connectivity index (χ1) is 6.75. The van der Waals surface area contributed by atoms with Crippen molar-refractivity contribution in [2.24, 2.45) is 0 Å². The van der Waals surface area contributed by atoms with Crippen molar-refractivity contribution in [3.63, 3.8) is 0 Å². The van der Waals surface area contributed by atoms with Gasteiger partial charge in [0.1, 0.15) is 3.70 Å². The van der Waals surface area contributed by atoms with E-state index in [1.165, 1.54) is 11.1 Å². The zero-order valence-corrected chi connectivity index (χ0v) is 10.1. The molecule has 0 unspecified atom stereocenters. The number of nitrogens with zero attached hydrogens (tertiary/aromatic N) is 2. The minimum Gasteiger partial charge on any atom is -0.267 e. The number of hydrogen-bond acceptors (Lipinski definition) is 1. The molecule has 1 aromatic carbocycles. The summed E-state index contributed by atoms with van der Waals surface area (Å²) in [6.45, 7) is 2.99. The summed E-state index contributed by atoms with van der Waals surface area (Å²) in [5.41, 5.74) is 2.64. The van der Waals surface area contributed by atoms with Gasteiger partial charge in [-0.05, 0) is 46.7 Å². The lowest BCUT2D eigenvalue weighted by Gasteiger charge is -2.04. The van der Waals surface area contributed by atoms with E-state index in [0.29, 0.717) is 0 Å². The van der Waals surface area contributed by atoms with Gasteiger partial charge in [0, 0.05) is 6.20 Å². The Kier molecular flexibility index (Phi) is 2.86. The first-order valence-corrected chi connectivity index (χ1v) is 5.57. The Balaban J connectivity index is 2.23. The molecule has 0 fully saturated rings. The summed E-state index contributed by atoms with van der Waals surface area (Å²) in [6.07, 6.45) is 2.01. The van der Waals surface area contributed by atoms with E-state index in [1.807, 2.05) is 16.9 Å². The second kappa shape index (κ2) is 4.13. The van der Waals surface area contributed by atoms with E-state index < -0.39 is 0 Å². The van der Waals surface area contributed by atoms with Gasteiger partial charge >= 0.3 is 0 Å². The van der Waals surface area contributed by atoms with Crippen LogP contribution in [-0.4, -0.2) is 9.78 Å². The Morgan fingerprint density at radius 3 is 2.71 bits per heavy atom. The van der Waals surface area contributed by atoms with Crippen LogP contribution in [0.1, 0.15) is 11.1 Å². The highest BCUT2D eigenvalue weighted by atomic mass is 127. The minimum atomic E-state index is 0.857. The molecule has 3 heteroatoms. The molecular formula is C11H11IN2. The number of aromatic nitrogens is 2. The molecule has 0 amide bonds. The number of benzene rings is 1. The van der Waals surface area contributed by atoms with Crippen molar-refractivity contribution >= 4 is 22.6 Å². The molecule has 0 radical (unpaired) electrons. The summed E-state index contributed by atoms with van der Waals surface area (Å²) in [5, 5.41) is 4.35. The van der Waals surface area contributed by atoms with Crippen LogP contribution >= 0.6 is 22.6 Å². The number of hydrogen-bond donors (Lipinski definition) is 0. The summed E-state index contributed by atoms with van der Waals surface area (Å²) in [7, 11) is 0. The largest absolute Gasteiger partial charge is 0.267 e. The van der Waals surface area contributed by atoms with Crippen molar-refractivity contribution in [3.8, 4) is 0 Å². The van der Waals surface area contributed by atoms with Crippen molar-refractivity contribution in [1.82, 2.24) is 9.78 Å². The quantitative estimate of drug-likeness (QED) is 0.780. The molecule has 0 aliphatic rings. The van der Waals surface area contributed by atoms with Gasteiger partial charge in [0.05, 0.1) is 6.54 Å². The van der Waals surface area contributed by atoms with Gasteiger partial charge in [-0.2, -0.15) is 5.10 Å².